The van der Waals surface area contributed by atoms with Crippen molar-refractivity contribution in [3.8, 4) is 0 Å². The molecule has 0 bridgehead atoms. The van der Waals surface area contributed by atoms with Crippen LogP contribution >= 0.6 is 0 Å². The predicted octanol–water partition coefficient (Wildman–Crippen LogP) is 6.40. The number of aliphatic hydroxyl groups excluding tert-OH is 1. The number of hydrogen-bond acceptors (Lipinski definition) is 4. The van der Waals surface area contributed by atoms with E-state index in [1.807, 2.05) is 13.8 Å². The number of likely N-dealkylation sites (N-methyl/N-ethyl adjacent to an activating group) is 1. The second kappa shape index (κ2) is 11.6. The highest BCUT2D eigenvalue weighted by Gasteiger charge is 2.51. The quantitative estimate of drug-likeness (QED) is 0.122. The summed E-state index contributed by atoms with van der Waals surface area (Å²) >= 11 is 0. The number of aliphatic hydroxyl groups is 1. The normalized spacial score (nSPS) is 21.6. The first-order valence-electron chi connectivity index (χ1n) is 12.3. The summed E-state index contributed by atoms with van der Waals surface area (Å²) in [4.78, 5) is 27.8. The van der Waals surface area contributed by atoms with Crippen molar-refractivity contribution in [2.24, 2.45) is 5.92 Å². The number of Topliss-reactive ketones (excluding diaryl/α,β-unsaturated/α-hetero) is 1. The van der Waals surface area contributed by atoms with Crippen molar-refractivity contribution in [3.63, 3.8) is 0 Å². The Kier molecular flexibility index (Phi) is 10.5. The van der Waals surface area contributed by atoms with E-state index in [9.17, 15) is 14.7 Å². The van der Waals surface area contributed by atoms with Gasteiger partial charge in [-0.15, -0.1) is 0 Å². The minimum absolute atomic E-state index is 0.0307. The monoisotopic (exact) mass is 453 g/mol. The van der Waals surface area contributed by atoms with Crippen molar-refractivity contribution in [3.05, 3.63) is 11.3 Å². The number of allylic oxidation sites excluding steroid dienone is 1. The fourth-order valence-corrected chi connectivity index (χ4v) is 11.1. The van der Waals surface area contributed by atoms with Gasteiger partial charge < -0.3 is 14.4 Å². The Morgan fingerprint density at radius 3 is 1.94 bits per heavy atom. The van der Waals surface area contributed by atoms with Crippen LogP contribution in [-0.4, -0.2) is 49.2 Å². The van der Waals surface area contributed by atoms with Gasteiger partial charge in [0.05, 0.1) is 6.10 Å². The first kappa shape index (κ1) is 27.9. The molecule has 1 N–H and O–H groups in total. The minimum Gasteiger partial charge on any atom is -0.511 e. The highest BCUT2D eigenvalue weighted by atomic mass is 28.4. The number of unbranched alkanes of at least 4 members (excludes halogenated alkanes) is 3. The molecule has 1 saturated heterocycles. The highest BCUT2D eigenvalue weighted by molar-refractivity contribution is 6.77. The van der Waals surface area contributed by atoms with E-state index in [-0.39, 0.29) is 28.9 Å². The Balaban J connectivity index is 3.15. The van der Waals surface area contributed by atoms with Crippen LogP contribution in [0.15, 0.2) is 11.3 Å². The van der Waals surface area contributed by atoms with Gasteiger partial charge >= 0.3 is 0 Å². The fraction of sp³-hybridized carbons (Fsp3) is 0.840. The Morgan fingerprint density at radius 1 is 0.968 bits per heavy atom. The van der Waals surface area contributed by atoms with Crippen LogP contribution in [0.4, 0.5) is 0 Å². The molecule has 0 radical (unpaired) electrons. The molecular formula is C25H47NO4Si. The van der Waals surface area contributed by atoms with Crippen molar-refractivity contribution in [1.29, 1.82) is 0 Å². The number of carbonyl (C=O) groups is 2. The third-order valence-corrected chi connectivity index (χ3v) is 13.4. The first-order chi connectivity index (χ1) is 14.3. The number of likely N-dealkylation sites (tertiary alicyclic amines) is 1. The van der Waals surface area contributed by atoms with Crippen molar-refractivity contribution < 1.29 is 19.1 Å². The average Bonchev–Trinajstić information content (AvgIpc) is 2.90. The lowest BCUT2D eigenvalue weighted by Gasteiger charge is -2.45. The van der Waals surface area contributed by atoms with Crippen molar-refractivity contribution in [1.82, 2.24) is 4.90 Å². The van der Waals surface area contributed by atoms with Gasteiger partial charge in [-0.05, 0) is 30.0 Å². The standard InChI is InChI=1S/C25H47NO4Si/c1-11-12-13-14-15-19(8)23(27)21-24(28)22(26(10)25(21)29)20(9)30-31(16(2)3,17(4)5)18(6)7/h16-20,22,27H,11-15H2,1-10H3/b23-21+/t19-,20+,22-/m0/s1. The number of carbonyl (C=O) groups excluding carboxylic acids is 2. The zero-order valence-electron chi connectivity index (χ0n) is 21.6. The van der Waals surface area contributed by atoms with E-state index >= 15 is 0 Å². The van der Waals surface area contributed by atoms with Gasteiger partial charge in [0.15, 0.2) is 5.78 Å². The zero-order valence-corrected chi connectivity index (χ0v) is 22.6. The molecule has 1 rings (SSSR count). The van der Waals surface area contributed by atoms with Crippen molar-refractivity contribution in [2.45, 2.75) is 123 Å². The first-order valence-corrected chi connectivity index (χ1v) is 14.4. The number of amides is 1. The van der Waals surface area contributed by atoms with Crippen LogP contribution < -0.4 is 0 Å². The van der Waals surface area contributed by atoms with Crippen LogP contribution in [0.3, 0.4) is 0 Å². The molecule has 0 aliphatic carbocycles. The molecule has 1 heterocycles. The lowest BCUT2D eigenvalue weighted by Crippen LogP contribution is -2.54. The summed E-state index contributed by atoms with van der Waals surface area (Å²) < 4.78 is 6.80. The van der Waals surface area contributed by atoms with Crippen molar-refractivity contribution >= 4 is 20.0 Å². The van der Waals surface area contributed by atoms with E-state index in [1.54, 1.807) is 7.05 Å². The maximum atomic E-state index is 13.3. The summed E-state index contributed by atoms with van der Waals surface area (Å²) in [6.45, 7) is 19.2. The maximum absolute atomic E-state index is 13.3. The van der Waals surface area contributed by atoms with Gasteiger partial charge in [-0.1, -0.05) is 81.1 Å². The molecule has 31 heavy (non-hydrogen) atoms. The average molecular weight is 454 g/mol. The molecule has 0 spiro atoms. The summed E-state index contributed by atoms with van der Waals surface area (Å²) in [5.74, 6) is -0.918. The molecule has 0 aromatic heterocycles. The number of rotatable bonds is 12. The summed E-state index contributed by atoms with van der Waals surface area (Å²) in [5, 5.41) is 10.8. The van der Waals surface area contributed by atoms with Crippen LogP contribution in [-0.2, 0) is 14.0 Å². The zero-order chi connectivity index (χ0) is 24.1. The number of nitrogens with zero attached hydrogens (tertiary/aromatic N) is 1. The summed E-state index contributed by atoms with van der Waals surface area (Å²) in [6, 6.07) is -0.680. The van der Waals surface area contributed by atoms with Crippen LogP contribution in [0.1, 0.15) is 94.4 Å². The maximum Gasteiger partial charge on any atom is 0.261 e. The van der Waals surface area contributed by atoms with Gasteiger partial charge in [0.2, 0.25) is 8.32 Å². The fourth-order valence-electron chi connectivity index (χ4n) is 5.55. The SMILES string of the molecule is CCCCCC[C@H](C)/C(O)=C1/C(=O)[C@H]([C@@H](C)O[Si](C(C)C)(C(C)C)C(C)C)N(C)C1=O. The smallest absolute Gasteiger partial charge is 0.261 e. The van der Waals surface area contributed by atoms with E-state index in [0.29, 0.717) is 16.6 Å². The molecule has 0 aromatic rings. The molecule has 6 heteroatoms. The Labute approximate surface area is 191 Å². The van der Waals surface area contributed by atoms with Crippen LogP contribution in [0.25, 0.3) is 0 Å². The molecule has 180 valence electrons. The third-order valence-electron chi connectivity index (χ3n) is 7.22. The van der Waals surface area contributed by atoms with Gasteiger partial charge in [0, 0.05) is 13.0 Å². The van der Waals surface area contributed by atoms with Crippen LogP contribution in [0, 0.1) is 5.92 Å². The molecule has 0 aromatic carbocycles. The predicted molar refractivity (Wildman–Crippen MR) is 131 cm³/mol. The van der Waals surface area contributed by atoms with E-state index < -0.39 is 20.5 Å². The van der Waals surface area contributed by atoms with Gasteiger partial charge in [-0.3, -0.25) is 9.59 Å². The van der Waals surface area contributed by atoms with Crippen molar-refractivity contribution in [2.75, 3.05) is 7.05 Å². The Morgan fingerprint density at radius 2 is 1.48 bits per heavy atom. The van der Waals surface area contributed by atoms with E-state index in [2.05, 4.69) is 48.5 Å². The highest BCUT2D eigenvalue weighted by Crippen LogP contribution is 2.44. The van der Waals surface area contributed by atoms with E-state index in [0.717, 1.165) is 32.1 Å². The molecule has 1 amide bonds. The van der Waals surface area contributed by atoms with E-state index in [4.69, 9.17) is 4.43 Å². The molecule has 0 unspecified atom stereocenters. The molecule has 1 fully saturated rings. The molecule has 3 atom stereocenters. The Hall–Kier alpha value is -1.14. The minimum atomic E-state index is -2.20. The van der Waals surface area contributed by atoms with Gasteiger partial charge in [0.1, 0.15) is 17.4 Å². The molecule has 0 saturated carbocycles. The summed E-state index contributed by atoms with van der Waals surface area (Å²) in [5.41, 5.74) is 1.13. The Bertz CT molecular complexity index is 634. The second-order valence-electron chi connectivity index (χ2n) is 10.4. The largest absolute Gasteiger partial charge is 0.511 e. The molecule has 5 nitrogen and oxygen atoms in total. The lowest BCUT2D eigenvalue weighted by molar-refractivity contribution is -0.127. The second-order valence-corrected chi connectivity index (χ2v) is 15.8. The molecular weight excluding hydrogens is 406 g/mol. The molecule has 1 aliphatic rings. The topological polar surface area (TPSA) is 66.8 Å². The molecule has 1 aliphatic heterocycles. The van der Waals surface area contributed by atoms with Gasteiger partial charge in [0.25, 0.3) is 5.91 Å². The third kappa shape index (κ3) is 5.81. The number of ketones is 1. The van der Waals surface area contributed by atoms with Gasteiger partial charge in [-0.25, -0.2) is 0 Å². The van der Waals surface area contributed by atoms with E-state index in [1.165, 1.54) is 4.90 Å². The van der Waals surface area contributed by atoms with Gasteiger partial charge in [-0.2, -0.15) is 0 Å². The number of hydrogen-bond donors (Lipinski definition) is 1. The van der Waals surface area contributed by atoms with Crippen LogP contribution in [0.2, 0.25) is 16.6 Å². The van der Waals surface area contributed by atoms with Crippen LogP contribution in [0.5, 0.6) is 0 Å². The summed E-state index contributed by atoms with van der Waals surface area (Å²) in [6.07, 6.45) is 4.76. The summed E-state index contributed by atoms with van der Waals surface area (Å²) in [7, 11) is -0.552. The lowest BCUT2D eigenvalue weighted by atomic mass is 9.95.